The highest BCUT2D eigenvalue weighted by Gasteiger charge is 2.15. The second-order valence-corrected chi connectivity index (χ2v) is 6.19. The van der Waals surface area contributed by atoms with Crippen LogP contribution in [0, 0.1) is 5.92 Å². The molecule has 1 atom stereocenters. The van der Waals surface area contributed by atoms with Gasteiger partial charge in [-0.15, -0.1) is 11.3 Å². The third kappa shape index (κ3) is 4.09. The second kappa shape index (κ2) is 6.53. The zero-order valence-corrected chi connectivity index (χ0v) is 11.8. The van der Waals surface area contributed by atoms with Crippen molar-refractivity contribution in [3.8, 4) is 0 Å². The van der Waals surface area contributed by atoms with E-state index < -0.39 is 0 Å². The maximum absolute atomic E-state index is 3.61. The van der Waals surface area contributed by atoms with Crippen LogP contribution in [0.1, 0.15) is 37.6 Å². The van der Waals surface area contributed by atoms with Gasteiger partial charge in [-0.3, -0.25) is 0 Å². The van der Waals surface area contributed by atoms with Gasteiger partial charge in [0.15, 0.2) is 0 Å². The quantitative estimate of drug-likeness (QED) is 0.866. The Morgan fingerprint density at radius 2 is 2.24 bits per heavy atom. The Hall–Kier alpha value is -0.380. The van der Waals surface area contributed by atoms with Crippen molar-refractivity contribution in [3.05, 3.63) is 22.4 Å². The second-order valence-electron chi connectivity index (χ2n) is 5.22. The highest BCUT2D eigenvalue weighted by molar-refractivity contribution is 7.10. The molecule has 2 rings (SSSR count). The fourth-order valence-electron chi connectivity index (χ4n) is 2.36. The molecule has 0 aliphatic carbocycles. The largest absolute Gasteiger partial charge is 0.308 e. The molecule has 3 heteroatoms. The van der Waals surface area contributed by atoms with Crippen LogP contribution >= 0.6 is 11.3 Å². The topological polar surface area (TPSA) is 15.3 Å². The molecule has 0 spiro atoms. The van der Waals surface area contributed by atoms with Crippen LogP contribution in [0.2, 0.25) is 0 Å². The Morgan fingerprint density at radius 1 is 1.47 bits per heavy atom. The summed E-state index contributed by atoms with van der Waals surface area (Å²) in [7, 11) is 0. The van der Waals surface area contributed by atoms with Gasteiger partial charge in [0.05, 0.1) is 0 Å². The Bertz CT molecular complexity index is 302. The lowest BCUT2D eigenvalue weighted by atomic mass is 9.99. The molecule has 2 heterocycles. The van der Waals surface area contributed by atoms with Crippen molar-refractivity contribution >= 4 is 11.3 Å². The minimum absolute atomic E-state index is 0.499. The number of rotatable bonds is 5. The molecule has 0 radical (unpaired) electrons. The molecule has 17 heavy (non-hydrogen) atoms. The molecule has 1 saturated heterocycles. The smallest absolute Gasteiger partial charge is 0.0386 e. The molecule has 1 aliphatic heterocycles. The van der Waals surface area contributed by atoms with E-state index in [1.165, 1.54) is 37.4 Å². The van der Waals surface area contributed by atoms with E-state index in [4.69, 9.17) is 0 Å². The lowest BCUT2D eigenvalue weighted by Gasteiger charge is -2.30. The number of likely N-dealkylation sites (tertiary alicyclic amines) is 1. The zero-order valence-electron chi connectivity index (χ0n) is 11.0. The summed E-state index contributed by atoms with van der Waals surface area (Å²) in [6.07, 6.45) is 2.75. The third-order valence-corrected chi connectivity index (χ3v) is 4.78. The van der Waals surface area contributed by atoms with Gasteiger partial charge in [0.1, 0.15) is 0 Å². The van der Waals surface area contributed by atoms with E-state index in [1.807, 2.05) is 11.3 Å². The Balaban J connectivity index is 1.63. The number of thiophene rings is 1. The fourth-order valence-corrected chi connectivity index (χ4v) is 3.12. The van der Waals surface area contributed by atoms with Crippen molar-refractivity contribution in [1.82, 2.24) is 10.2 Å². The summed E-state index contributed by atoms with van der Waals surface area (Å²) < 4.78 is 0. The molecule has 0 bridgehead atoms. The first-order chi connectivity index (χ1) is 8.25. The van der Waals surface area contributed by atoms with Gasteiger partial charge in [-0.2, -0.15) is 0 Å². The molecule has 1 N–H and O–H groups in total. The van der Waals surface area contributed by atoms with Crippen LogP contribution in [0.5, 0.6) is 0 Å². The van der Waals surface area contributed by atoms with E-state index in [-0.39, 0.29) is 0 Å². The van der Waals surface area contributed by atoms with E-state index in [9.17, 15) is 0 Å². The maximum Gasteiger partial charge on any atom is 0.0386 e. The summed E-state index contributed by atoms with van der Waals surface area (Å²) >= 11 is 1.84. The van der Waals surface area contributed by atoms with Crippen molar-refractivity contribution in [3.63, 3.8) is 0 Å². The molecule has 1 unspecified atom stereocenters. The summed E-state index contributed by atoms with van der Waals surface area (Å²) in [5.74, 6) is 0.934. The highest BCUT2D eigenvalue weighted by Crippen LogP contribution is 2.18. The van der Waals surface area contributed by atoms with Gasteiger partial charge >= 0.3 is 0 Å². The van der Waals surface area contributed by atoms with Gasteiger partial charge in [0.2, 0.25) is 0 Å². The summed E-state index contributed by atoms with van der Waals surface area (Å²) in [4.78, 5) is 4.03. The first-order valence-corrected chi connectivity index (χ1v) is 7.63. The van der Waals surface area contributed by atoms with Crippen LogP contribution in [0.15, 0.2) is 17.5 Å². The third-order valence-electron chi connectivity index (χ3n) is 3.72. The zero-order chi connectivity index (χ0) is 12.1. The number of piperidine rings is 1. The monoisotopic (exact) mass is 252 g/mol. The molecular weight excluding hydrogens is 228 g/mol. The van der Waals surface area contributed by atoms with E-state index in [2.05, 4.69) is 41.6 Å². The summed E-state index contributed by atoms with van der Waals surface area (Å²) in [5, 5.41) is 5.76. The molecule has 1 fully saturated rings. The molecule has 1 aromatic heterocycles. The average Bonchev–Trinajstić information content (AvgIpc) is 2.85. The number of nitrogens with zero attached hydrogens (tertiary/aromatic N) is 1. The lowest BCUT2D eigenvalue weighted by Crippen LogP contribution is -2.38. The van der Waals surface area contributed by atoms with Crippen LogP contribution in [0.25, 0.3) is 0 Å². The van der Waals surface area contributed by atoms with Gasteiger partial charge in [0.25, 0.3) is 0 Å². The Kier molecular flexibility index (Phi) is 5.01. The first-order valence-electron chi connectivity index (χ1n) is 6.75. The average molecular weight is 252 g/mol. The van der Waals surface area contributed by atoms with E-state index in [1.54, 1.807) is 0 Å². The minimum Gasteiger partial charge on any atom is -0.308 e. The van der Waals surface area contributed by atoms with Crippen molar-refractivity contribution in [2.45, 2.75) is 32.7 Å². The van der Waals surface area contributed by atoms with Crippen molar-refractivity contribution in [1.29, 1.82) is 0 Å². The van der Waals surface area contributed by atoms with Gasteiger partial charge in [-0.05, 0) is 50.2 Å². The molecular formula is C14H24N2S. The van der Waals surface area contributed by atoms with Crippen LogP contribution in [0.3, 0.4) is 0 Å². The van der Waals surface area contributed by atoms with Crippen LogP contribution in [-0.2, 0) is 0 Å². The predicted octanol–water partition coefficient (Wildman–Crippen LogP) is 3.13. The van der Waals surface area contributed by atoms with Crippen molar-refractivity contribution in [2.24, 2.45) is 5.92 Å². The summed E-state index contributed by atoms with van der Waals surface area (Å²) in [6.45, 7) is 9.50. The molecule has 2 nitrogen and oxygen atoms in total. The standard InChI is InChI=1S/C14H24N2S/c1-12-5-8-16(9-6-12)10-7-15-13(2)14-4-3-11-17-14/h3-4,11-13,15H,5-10H2,1-2H3. The van der Waals surface area contributed by atoms with Gasteiger partial charge < -0.3 is 10.2 Å². The molecule has 1 aromatic rings. The van der Waals surface area contributed by atoms with Crippen LogP contribution < -0.4 is 5.32 Å². The molecule has 1 aliphatic rings. The number of hydrogen-bond donors (Lipinski definition) is 1. The van der Waals surface area contributed by atoms with E-state index in [0.29, 0.717) is 6.04 Å². The Labute approximate surface area is 109 Å². The fraction of sp³-hybridized carbons (Fsp3) is 0.714. The number of nitrogens with one attached hydrogen (secondary N) is 1. The lowest BCUT2D eigenvalue weighted by molar-refractivity contribution is 0.191. The molecule has 96 valence electrons. The van der Waals surface area contributed by atoms with Crippen molar-refractivity contribution < 1.29 is 0 Å². The van der Waals surface area contributed by atoms with Crippen LogP contribution in [0.4, 0.5) is 0 Å². The SMILES string of the molecule is CC1CCN(CCNC(C)c2cccs2)CC1. The van der Waals surface area contributed by atoms with Gasteiger partial charge in [-0.25, -0.2) is 0 Å². The predicted molar refractivity (Wildman–Crippen MR) is 75.6 cm³/mol. The highest BCUT2D eigenvalue weighted by atomic mass is 32.1. The summed E-state index contributed by atoms with van der Waals surface area (Å²) in [6, 6.07) is 4.84. The number of hydrogen-bond acceptors (Lipinski definition) is 3. The molecule has 0 amide bonds. The van der Waals surface area contributed by atoms with Crippen LogP contribution in [-0.4, -0.2) is 31.1 Å². The molecule has 0 aromatic carbocycles. The van der Waals surface area contributed by atoms with Gasteiger partial charge in [-0.1, -0.05) is 13.0 Å². The van der Waals surface area contributed by atoms with E-state index in [0.717, 1.165) is 12.5 Å². The minimum atomic E-state index is 0.499. The van der Waals surface area contributed by atoms with Crippen molar-refractivity contribution in [2.75, 3.05) is 26.2 Å². The Morgan fingerprint density at radius 3 is 2.88 bits per heavy atom. The first kappa shape index (κ1) is 13.1. The van der Waals surface area contributed by atoms with Gasteiger partial charge in [0, 0.05) is 24.0 Å². The summed E-state index contributed by atoms with van der Waals surface area (Å²) in [5.41, 5.74) is 0. The maximum atomic E-state index is 3.61. The van der Waals surface area contributed by atoms with E-state index >= 15 is 0 Å². The molecule has 0 saturated carbocycles. The normalized spacial score (nSPS) is 20.6.